The average Bonchev–Trinajstić information content (AvgIpc) is 2.99. The van der Waals surface area contributed by atoms with Crippen molar-refractivity contribution < 1.29 is 14.3 Å². The van der Waals surface area contributed by atoms with E-state index in [1.807, 2.05) is 29.2 Å². The Balaban J connectivity index is 1.63. The zero-order chi connectivity index (χ0) is 21.8. The molecule has 0 bridgehead atoms. The second-order valence-corrected chi connectivity index (χ2v) is 7.45. The van der Waals surface area contributed by atoms with Gasteiger partial charge < -0.3 is 14.2 Å². The molecular formula is C23H25N5O3. The number of hydrogen-bond donors (Lipinski definition) is 1. The van der Waals surface area contributed by atoms with Gasteiger partial charge in [-0.25, -0.2) is 9.97 Å². The molecule has 1 atom stereocenters. The van der Waals surface area contributed by atoms with E-state index in [1.54, 1.807) is 12.1 Å². The first kappa shape index (κ1) is 20.6. The first-order valence-corrected chi connectivity index (χ1v) is 10.3. The number of rotatable bonds is 5. The Hall–Kier alpha value is -3.68. The Labute approximate surface area is 180 Å². The Kier molecular flexibility index (Phi) is 5.97. The number of fused-ring (bicyclic) bond motifs is 1. The summed E-state index contributed by atoms with van der Waals surface area (Å²) >= 11 is 0. The number of nitrogens with one attached hydrogen (secondary N) is 1. The first-order chi connectivity index (χ1) is 15.1. The number of carbonyl (C=O) groups is 2. The highest BCUT2D eigenvalue weighted by molar-refractivity contribution is 6.04. The number of benzene rings is 1. The van der Waals surface area contributed by atoms with E-state index in [1.165, 1.54) is 19.4 Å². The SMILES string of the molecule is C=CC(=O)N1CCC[C@@H](n2c(NC(=O)c3ccc(OC)nc3)nc3ccccc32)CC1. The van der Waals surface area contributed by atoms with Gasteiger partial charge in [-0.2, -0.15) is 0 Å². The number of anilines is 1. The van der Waals surface area contributed by atoms with Crippen molar-refractivity contribution in [2.45, 2.75) is 25.3 Å². The summed E-state index contributed by atoms with van der Waals surface area (Å²) in [5.41, 5.74) is 2.19. The molecule has 4 rings (SSSR count). The second-order valence-electron chi connectivity index (χ2n) is 7.45. The number of hydrogen-bond acceptors (Lipinski definition) is 5. The molecule has 1 fully saturated rings. The number of imidazole rings is 1. The summed E-state index contributed by atoms with van der Waals surface area (Å²) in [6, 6.07) is 11.2. The number of aromatic nitrogens is 3. The summed E-state index contributed by atoms with van der Waals surface area (Å²) in [6.07, 6.45) is 5.36. The molecule has 2 aromatic heterocycles. The van der Waals surface area contributed by atoms with Crippen LogP contribution in [0.25, 0.3) is 11.0 Å². The highest BCUT2D eigenvalue weighted by Crippen LogP contribution is 2.31. The van der Waals surface area contributed by atoms with Crippen LogP contribution in [0.15, 0.2) is 55.3 Å². The van der Waals surface area contributed by atoms with Gasteiger partial charge in [0.15, 0.2) is 0 Å². The van der Waals surface area contributed by atoms with Crippen molar-refractivity contribution in [1.82, 2.24) is 19.4 Å². The van der Waals surface area contributed by atoms with E-state index >= 15 is 0 Å². The minimum Gasteiger partial charge on any atom is -0.481 e. The molecule has 0 aliphatic carbocycles. The van der Waals surface area contributed by atoms with Gasteiger partial charge in [0.25, 0.3) is 5.91 Å². The van der Waals surface area contributed by atoms with Gasteiger partial charge in [-0.05, 0) is 43.5 Å². The molecule has 160 valence electrons. The maximum atomic E-state index is 12.9. The number of methoxy groups -OCH3 is 1. The highest BCUT2D eigenvalue weighted by atomic mass is 16.5. The summed E-state index contributed by atoms with van der Waals surface area (Å²) in [5.74, 6) is 0.608. The van der Waals surface area contributed by atoms with Gasteiger partial charge in [0, 0.05) is 31.4 Å². The third kappa shape index (κ3) is 4.28. The molecule has 0 unspecified atom stereocenters. The lowest BCUT2D eigenvalue weighted by molar-refractivity contribution is -0.125. The molecule has 1 aliphatic heterocycles. The number of para-hydroxylation sites is 2. The van der Waals surface area contributed by atoms with Crippen molar-refractivity contribution in [3.05, 3.63) is 60.8 Å². The van der Waals surface area contributed by atoms with Gasteiger partial charge >= 0.3 is 0 Å². The summed E-state index contributed by atoms with van der Waals surface area (Å²) < 4.78 is 7.15. The summed E-state index contributed by atoms with van der Waals surface area (Å²) in [7, 11) is 1.53. The van der Waals surface area contributed by atoms with Gasteiger partial charge in [-0.1, -0.05) is 18.7 Å². The van der Waals surface area contributed by atoms with Crippen LogP contribution in [-0.2, 0) is 4.79 Å². The quantitative estimate of drug-likeness (QED) is 0.640. The monoisotopic (exact) mass is 419 g/mol. The maximum Gasteiger partial charge on any atom is 0.259 e. The van der Waals surface area contributed by atoms with Crippen LogP contribution in [0.4, 0.5) is 5.95 Å². The van der Waals surface area contributed by atoms with Crippen LogP contribution in [0, 0.1) is 0 Å². The highest BCUT2D eigenvalue weighted by Gasteiger charge is 2.25. The van der Waals surface area contributed by atoms with E-state index in [0.717, 1.165) is 30.3 Å². The van der Waals surface area contributed by atoms with Gasteiger partial charge in [-0.15, -0.1) is 0 Å². The summed E-state index contributed by atoms with van der Waals surface area (Å²) in [5, 5.41) is 2.95. The van der Waals surface area contributed by atoms with E-state index in [9.17, 15) is 9.59 Å². The molecule has 1 N–H and O–H groups in total. The van der Waals surface area contributed by atoms with Crippen molar-refractivity contribution in [2.75, 3.05) is 25.5 Å². The predicted molar refractivity (Wildman–Crippen MR) is 118 cm³/mol. The standard InChI is InChI=1S/C23H25N5O3/c1-3-21(29)27-13-6-7-17(12-14-27)28-19-9-5-4-8-18(19)25-23(28)26-22(30)16-10-11-20(31-2)24-15-16/h3-5,8-11,15,17H,1,6-7,12-14H2,2H3,(H,25,26,30)/t17-/m1/s1. The van der Waals surface area contributed by atoms with Gasteiger partial charge in [0.05, 0.1) is 23.7 Å². The van der Waals surface area contributed by atoms with E-state index in [2.05, 4.69) is 26.4 Å². The number of amides is 2. The minimum atomic E-state index is -0.288. The molecule has 2 amide bonds. The zero-order valence-corrected chi connectivity index (χ0v) is 17.5. The molecule has 3 heterocycles. The molecule has 1 aliphatic rings. The zero-order valence-electron chi connectivity index (χ0n) is 17.5. The molecule has 0 spiro atoms. The lowest BCUT2D eigenvalue weighted by atomic mass is 10.1. The van der Waals surface area contributed by atoms with Crippen molar-refractivity contribution in [1.29, 1.82) is 0 Å². The van der Waals surface area contributed by atoms with Crippen LogP contribution in [0.5, 0.6) is 5.88 Å². The lowest BCUT2D eigenvalue weighted by Gasteiger charge is -2.21. The molecule has 3 aromatic rings. The molecule has 31 heavy (non-hydrogen) atoms. The van der Waals surface area contributed by atoms with Gasteiger partial charge in [-0.3, -0.25) is 14.9 Å². The van der Waals surface area contributed by atoms with Crippen LogP contribution in [0.3, 0.4) is 0 Å². The van der Waals surface area contributed by atoms with Crippen LogP contribution < -0.4 is 10.1 Å². The normalized spacial score (nSPS) is 16.5. The second kappa shape index (κ2) is 8.99. The van der Waals surface area contributed by atoms with E-state index in [-0.39, 0.29) is 17.9 Å². The minimum absolute atomic E-state index is 0.0447. The Bertz CT molecular complexity index is 1110. The fraction of sp³-hybridized carbons (Fsp3) is 0.304. The maximum absolute atomic E-state index is 12.9. The van der Waals surface area contributed by atoms with Crippen LogP contribution in [0.2, 0.25) is 0 Å². The Morgan fingerprint density at radius 3 is 2.77 bits per heavy atom. The molecular weight excluding hydrogens is 394 g/mol. The molecule has 0 radical (unpaired) electrons. The van der Waals surface area contributed by atoms with E-state index in [0.29, 0.717) is 30.5 Å². The number of carbonyl (C=O) groups excluding carboxylic acids is 2. The summed E-state index contributed by atoms with van der Waals surface area (Å²) in [4.78, 5) is 35.5. The van der Waals surface area contributed by atoms with Gasteiger partial charge in [0.1, 0.15) is 0 Å². The number of pyridine rings is 1. The fourth-order valence-corrected chi connectivity index (χ4v) is 4.00. The number of nitrogens with zero attached hydrogens (tertiary/aromatic N) is 4. The first-order valence-electron chi connectivity index (χ1n) is 10.3. The summed E-state index contributed by atoms with van der Waals surface area (Å²) in [6.45, 7) is 4.93. The van der Waals surface area contributed by atoms with Gasteiger partial charge in [0.2, 0.25) is 17.7 Å². The third-order valence-corrected chi connectivity index (χ3v) is 5.58. The van der Waals surface area contributed by atoms with E-state index in [4.69, 9.17) is 4.74 Å². The Morgan fingerprint density at radius 2 is 2.03 bits per heavy atom. The topological polar surface area (TPSA) is 89.4 Å². The Morgan fingerprint density at radius 1 is 1.19 bits per heavy atom. The third-order valence-electron chi connectivity index (χ3n) is 5.58. The van der Waals surface area contributed by atoms with Crippen LogP contribution in [-0.4, -0.2) is 51.4 Å². The van der Waals surface area contributed by atoms with Crippen molar-refractivity contribution in [3.8, 4) is 5.88 Å². The molecule has 8 nitrogen and oxygen atoms in total. The van der Waals surface area contributed by atoms with Crippen molar-refractivity contribution in [2.24, 2.45) is 0 Å². The lowest BCUT2D eigenvalue weighted by Crippen LogP contribution is -2.30. The molecule has 8 heteroatoms. The predicted octanol–water partition coefficient (Wildman–Crippen LogP) is 3.43. The largest absolute Gasteiger partial charge is 0.481 e. The van der Waals surface area contributed by atoms with Crippen LogP contribution >= 0.6 is 0 Å². The fourth-order valence-electron chi connectivity index (χ4n) is 4.00. The molecule has 1 saturated heterocycles. The smallest absolute Gasteiger partial charge is 0.259 e. The van der Waals surface area contributed by atoms with Crippen LogP contribution in [0.1, 0.15) is 35.7 Å². The van der Waals surface area contributed by atoms with Crippen molar-refractivity contribution >= 4 is 28.8 Å². The molecule has 1 aromatic carbocycles. The number of likely N-dealkylation sites (tertiary alicyclic amines) is 1. The van der Waals surface area contributed by atoms with E-state index < -0.39 is 0 Å². The van der Waals surface area contributed by atoms with Crippen molar-refractivity contribution in [3.63, 3.8) is 0 Å². The molecule has 0 saturated carbocycles. The number of ether oxygens (including phenoxy) is 1. The average molecular weight is 419 g/mol.